The second-order valence-corrected chi connectivity index (χ2v) is 4.89. The van der Waals surface area contributed by atoms with Crippen LogP contribution in [0.3, 0.4) is 0 Å². The Morgan fingerprint density at radius 3 is 3.00 bits per heavy atom. The average Bonchev–Trinajstić information content (AvgIpc) is 2.67. The molecule has 4 heteroatoms. The van der Waals surface area contributed by atoms with E-state index in [0.29, 0.717) is 19.0 Å². The number of benzene rings is 1. The lowest BCUT2D eigenvalue weighted by atomic mass is 10.1. The lowest BCUT2D eigenvalue weighted by molar-refractivity contribution is 0.609. The van der Waals surface area contributed by atoms with Crippen LogP contribution in [0.5, 0.6) is 0 Å². The van der Waals surface area contributed by atoms with Crippen molar-refractivity contribution in [2.24, 2.45) is 4.99 Å². The fourth-order valence-electron chi connectivity index (χ4n) is 1.57. The maximum absolute atomic E-state index is 13.3. The van der Waals surface area contributed by atoms with E-state index in [2.05, 4.69) is 17.2 Å². The van der Waals surface area contributed by atoms with Gasteiger partial charge in [0.2, 0.25) is 0 Å². The molecule has 0 amide bonds. The molecule has 1 heterocycles. The van der Waals surface area contributed by atoms with Crippen LogP contribution in [0, 0.1) is 5.82 Å². The monoisotopic (exact) mass is 238 g/mol. The summed E-state index contributed by atoms with van der Waals surface area (Å²) in [5, 5.41) is 4.26. The first-order valence-corrected chi connectivity index (χ1v) is 6.41. The van der Waals surface area contributed by atoms with Crippen molar-refractivity contribution >= 4 is 16.9 Å². The van der Waals surface area contributed by atoms with Crippen LogP contribution in [0.4, 0.5) is 4.39 Å². The Labute approximate surface area is 99.3 Å². The molecule has 1 aromatic rings. The minimum atomic E-state index is -0.136. The molecular formula is C12H15FN2S. The third-order valence-electron chi connectivity index (χ3n) is 2.43. The number of hydrogen-bond donors (Lipinski definition) is 1. The van der Waals surface area contributed by atoms with E-state index in [0.717, 1.165) is 16.5 Å². The van der Waals surface area contributed by atoms with E-state index >= 15 is 0 Å². The molecule has 1 unspecified atom stereocenters. The number of amidine groups is 1. The molecule has 1 fully saturated rings. The number of nitrogens with one attached hydrogen (secondary N) is 1. The van der Waals surface area contributed by atoms with Crippen LogP contribution in [-0.4, -0.2) is 23.5 Å². The minimum Gasteiger partial charge on any atom is -0.362 e. The predicted molar refractivity (Wildman–Crippen MR) is 67.5 cm³/mol. The van der Waals surface area contributed by atoms with E-state index in [4.69, 9.17) is 0 Å². The SMILES string of the molecule is CC1CSC(=NCCc2ccccc2F)N1. The normalized spacial score (nSPS) is 22.4. The summed E-state index contributed by atoms with van der Waals surface area (Å²) < 4.78 is 13.3. The summed E-state index contributed by atoms with van der Waals surface area (Å²) in [6, 6.07) is 7.37. The standard InChI is InChI=1S/C12H15FN2S/c1-9-8-16-12(15-9)14-7-6-10-4-2-3-5-11(10)13/h2-5,9H,6-8H2,1H3,(H,14,15). The molecule has 0 aromatic heterocycles. The molecule has 86 valence electrons. The molecule has 1 aromatic carbocycles. The van der Waals surface area contributed by atoms with E-state index in [-0.39, 0.29) is 5.82 Å². The second kappa shape index (κ2) is 5.34. The Balaban J connectivity index is 1.86. The number of halogens is 1. The third-order valence-corrected chi connectivity index (χ3v) is 3.62. The topological polar surface area (TPSA) is 24.4 Å². The van der Waals surface area contributed by atoms with Gasteiger partial charge in [0, 0.05) is 18.3 Å². The number of aliphatic imine (C=N–C) groups is 1. The molecule has 0 radical (unpaired) electrons. The molecule has 1 atom stereocenters. The zero-order valence-corrected chi connectivity index (χ0v) is 10.1. The highest BCUT2D eigenvalue weighted by atomic mass is 32.2. The first-order chi connectivity index (χ1) is 7.75. The maximum atomic E-state index is 13.3. The van der Waals surface area contributed by atoms with Gasteiger partial charge in [0.1, 0.15) is 5.82 Å². The molecular weight excluding hydrogens is 223 g/mol. The second-order valence-electron chi connectivity index (χ2n) is 3.88. The van der Waals surface area contributed by atoms with Gasteiger partial charge in [0.15, 0.2) is 5.17 Å². The summed E-state index contributed by atoms with van der Waals surface area (Å²) in [4.78, 5) is 4.41. The van der Waals surface area contributed by atoms with Gasteiger partial charge in [-0.3, -0.25) is 4.99 Å². The van der Waals surface area contributed by atoms with Crippen LogP contribution in [0.2, 0.25) is 0 Å². The summed E-state index contributed by atoms with van der Waals surface area (Å²) in [5.74, 6) is 0.932. The molecule has 0 aliphatic carbocycles. The van der Waals surface area contributed by atoms with Crippen LogP contribution in [-0.2, 0) is 6.42 Å². The Morgan fingerprint density at radius 1 is 1.50 bits per heavy atom. The van der Waals surface area contributed by atoms with E-state index in [1.165, 1.54) is 6.07 Å². The molecule has 0 spiro atoms. The molecule has 0 saturated carbocycles. The van der Waals surface area contributed by atoms with Crippen molar-refractivity contribution in [2.45, 2.75) is 19.4 Å². The summed E-state index contributed by atoms with van der Waals surface area (Å²) in [7, 11) is 0. The summed E-state index contributed by atoms with van der Waals surface area (Å²) >= 11 is 1.73. The molecule has 2 rings (SSSR count). The van der Waals surface area contributed by atoms with Gasteiger partial charge in [0.25, 0.3) is 0 Å². The van der Waals surface area contributed by atoms with Gasteiger partial charge in [-0.1, -0.05) is 30.0 Å². The molecule has 1 aliphatic rings. The number of hydrogen-bond acceptors (Lipinski definition) is 2. The highest BCUT2D eigenvalue weighted by molar-refractivity contribution is 8.14. The van der Waals surface area contributed by atoms with E-state index in [9.17, 15) is 4.39 Å². The van der Waals surface area contributed by atoms with Crippen molar-refractivity contribution in [2.75, 3.05) is 12.3 Å². The average molecular weight is 238 g/mol. The van der Waals surface area contributed by atoms with Crippen molar-refractivity contribution in [1.29, 1.82) is 0 Å². The fourth-order valence-corrected chi connectivity index (χ4v) is 2.53. The highest BCUT2D eigenvalue weighted by Crippen LogP contribution is 2.13. The van der Waals surface area contributed by atoms with Crippen LogP contribution in [0.1, 0.15) is 12.5 Å². The fraction of sp³-hybridized carbons (Fsp3) is 0.417. The molecule has 16 heavy (non-hydrogen) atoms. The summed E-state index contributed by atoms with van der Waals surface area (Å²) in [5.41, 5.74) is 0.739. The van der Waals surface area contributed by atoms with Crippen molar-refractivity contribution in [3.8, 4) is 0 Å². The van der Waals surface area contributed by atoms with Gasteiger partial charge in [-0.15, -0.1) is 0 Å². The molecule has 1 saturated heterocycles. The Bertz CT molecular complexity index is 392. The predicted octanol–water partition coefficient (Wildman–Crippen LogP) is 2.45. The number of nitrogens with zero attached hydrogens (tertiary/aromatic N) is 1. The summed E-state index contributed by atoms with van der Waals surface area (Å²) in [6.45, 7) is 2.77. The summed E-state index contributed by atoms with van der Waals surface area (Å²) in [6.07, 6.45) is 0.660. The van der Waals surface area contributed by atoms with Gasteiger partial charge in [-0.25, -0.2) is 4.39 Å². The molecule has 2 nitrogen and oxygen atoms in total. The van der Waals surface area contributed by atoms with Crippen LogP contribution < -0.4 is 5.32 Å². The van der Waals surface area contributed by atoms with E-state index < -0.39 is 0 Å². The van der Waals surface area contributed by atoms with Gasteiger partial charge in [0.05, 0.1) is 0 Å². The zero-order chi connectivity index (χ0) is 11.4. The molecule has 1 aliphatic heterocycles. The van der Waals surface area contributed by atoms with Crippen molar-refractivity contribution < 1.29 is 4.39 Å². The zero-order valence-electron chi connectivity index (χ0n) is 9.24. The van der Waals surface area contributed by atoms with Crippen LogP contribution in [0.25, 0.3) is 0 Å². The first kappa shape index (κ1) is 11.5. The number of thioether (sulfide) groups is 1. The lowest BCUT2D eigenvalue weighted by Gasteiger charge is -2.02. The van der Waals surface area contributed by atoms with Crippen molar-refractivity contribution in [3.05, 3.63) is 35.6 Å². The van der Waals surface area contributed by atoms with Crippen molar-refractivity contribution in [1.82, 2.24) is 5.32 Å². The van der Waals surface area contributed by atoms with Gasteiger partial charge < -0.3 is 5.32 Å². The number of rotatable bonds is 3. The first-order valence-electron chi connectivity index (χ1n) is 5.43. The Kier molecular flexibility index (Phi) is 3.83. The van der Waals surface area contributed by atoms with E-state index in [1.54, 1.807) is 17.8 Å². The Morgan fingerprint density at radius 2 is 2.31 bits per heavy atom. The van der Waals surface area contributed by atoms with E-state index in [1.807, 2.05) is 12.1 Å². The molecule has 0 bridgehead atoms. The quantitative estimate of drug-likeness (QED) is 0.874. The van der Waals surface area contributed by atoms with Crippen molar-refractivity contribution in [3.63, 3.8) is 0 Å². The maximum Gasteiger partial charge on any atom is 0.156 e. The van der Waals surface area contributed by atoms with Gasteiger partial charge in [-0.2, -0.15) is 0 Å². The third kappa shape index (κ3) is 2.98. The van der Waals surface area contributed by atoms with Gasteiger partial charge in [-0.05, 0) is 25.0 Å². The smallest absolute Gasteiger partial charge is 0.156 e. The lowest BCUT2D eigenvalue weighted by Crippen LogP contribution is -2.23. The van der Waals surface area contributed by atoms with Crippen LogP contribution >= 0.6 is 11.8 Å². The highest BCUT2D eigenvalue weighted by Gasteiger charge is 2.14. The minimum absolute atomic E-state index is 0.136. The molecule has 1 N–H and O–H groups in total. The van der Waals surface area contributed by atoms with Crippen LogP contribution in [0.15, 0.2) is 29.3 Å². The van der Waals surface area contributed by atoms with Gasteiger partial charge >= 0.3 is 0 Å². The largest absolute Gasteiger partial charge is 0.362 e. The Hall–Kier alpha value is -1.03.